The van der Waals surface area contributed by atoms with E-state index in [-0.39, 0.29) is 0 Å². The minimum atomic E-state index is 0.441. The van der Waals surface area contributed by atoms with Gasteiger partial charge in [0.15, 0.2) is 5.65 Å². The number of anilines is 1. The second-order valence-electron chi connectivity index (χ2n) is 3.91. The Morgan fingerprint density at radius 1 is 1.25 bits per heavy atom. The molecule has 102 valence electrons. The van der Waals surface area contributed by atoms with Crippen LogP contribution < -0.4 is 10.1 Å². The Bertz CT molecular complexity index is 774. The van der Waals surface area contributed by atoms with E-state index < -0.39 is 0 Å². The zero-order valence-electron chi connectivity index (χ0n) is 10.3. The number of rotatable bonds is 3. The zero-order chi connectivity index (χ0) is 14.1. The van der Waals surface area contributed by atoms with Crippen LogP contribution in [0, 0.1) is 0 Å². The van der Waals surface area contributed by atoms with Crippen molar-refractivity contribution in [2.24, 2.45) is 0 Å². The highest BCUT2D eigenvalue weighted by Crippen LogP contribution is 2.33. The van der Waals surface area contributed by atoms with E-state index in [0.29, 0.717) is 23.2 Å². The molecule has 0 saturated carbocycles. The zero-order valence-corrected chi connectivity index (χ0v) is 13.5. The van der Waals surface area contributed by atoms with Gasteiger partial charge in [-0.1, -0.05) is 15.9 Å². The summed E-state index contributed by atoms with van der Waals surface area (Å²) in [5.41, 5.74) is 0.618. The highest BCUT2D eigenvalue weighted by molar-refractivity contribution is 9.11. The molecule has 3 aromatic rings. The molecule has 0 amide bonds. The van der Waals surface area contributed by atoms with E-state index in [9.17, 15) is 0 Å². The first kappa shape index (κ1) is 13.3. The monoisotopic (exact) mass is 397 g/mol. The maximum Gasteiger partial charge on any atom is 0.235 e. The van der Waals surface area contributed by atoms with Crippen LogP contribution in [0.25, 0.3) is 11.0 Å². The first-order valence-electron chi connectivity index (χ1n) is 5.69. The van der Waals surface area contributed by atoms with Crippen molar-refractivity contribution in [3.8, 4) is 11.6 Å². The maximum atomic E-state index is 5.86. The molecule has 0 unspecified atom stereocenters. The number of hydrogen-bond acceptors (Lipinski definition) is 5. The fourth-order valence-corrected chi connectivity index (χ4v) is 2.79. The van der Waals surface area contributed by atoms with Crippen molar-refractivity contribution in [1.29, 1.82) is 0 Å². The lowest BCUT2D eigenvalue weighted by atomic mass is 10.3. The van der Waals surface area contributed by atoms with Crippen molar-refractivity contribution in [2.45, 2.75) is 0 Å². The van der Waals surface area contributed by atoms with Crippen molar-refractivity contribution in [3.05, 3.63) is 33.3 Å². The number of H-pyrrole nitrogens is 1. The summed E-state index contributed by atoms with van der Waals surface area (Å²) in [6.45, 7) is 0. The summed E-state index contributed by atoms with van der Waals surface area (Å²) in [5.74, 6) is 1.57. The second-order valence-corrected chi connectivity index (χ2v) is 5.68. The molecule has 0 aliphatic rings. The third-order valence-electron chi connectivity index (χ3n) is 2.60. The van der Waals surface area contributed by atoms with E-state index in [2.05, 4.69) is 57.3 Å². The lowest BCUT2D eigenvalue weighted by Gasteiger charge is -2.09. The Hall–Kier alpha value is -1.67. The molecule has 20 heavy (non-hydrogen) atoms. The van der Waals surface area contributed by atoms with Gasteiger partial charge in [-0.05, 0) is 34.1 Å². The Morgan fingerprint density at radius 3 is 2.85 bits per heavy atom. The van der Waals surface area contributed by atoms with Crippen molar-refractivity contribution in [3.63, 3.8) is 0 Å². The highest BCUT2D eigenvalue weighted by Gasteiger charge is 2.12. The van der Waals surface area contributed by atoms with Crippen LogP contribution in [-0.4, -0.2) is 27.2 Å². The molecule has 1 aromatic carbocycles. The van der Waals surface area contributed by atoms with E-state index in [1.807, 2.05) is 18.2 Å². The Labute approximate surface area is 131 Å². The largest absolute Gasteiger partial charge is 0.437 e. The molecule has 0 aliphatic heterocycles. The number of hydrogen-bond donors (Lipinski definition) is 2. The van der Waals surface area contributed by atoms with Gasteiger partial charge in [-0.25, -0.2) is 0 Å². The van der Waals surface area contributed by atoms with Gasteiger partial charge < -0.3 is 10.1 Å². The van der Waals surface area contributed by atoms with Gasteiger partial charge in [0.25, 0.3) is 0 Å². The van der Waals surface area contributed by atoms with Crippen LogP contribution in [0.5, 0.6) is 11.6 Å². The molecule has 0 fully saturated rings. The molecular weight excluding hydrogens is 390 g/mol. The molecule has 0 aliphatic carbocycles. The maximum absolute atomic E-state index is 5.86. The first-order valence-corrected chi connectivity index (χ1v) is 7.28. The fraction of sp³-hybridized carbons (Fsp3) is 0.0833. The number of halogens is 2. The van der Waals surface area contributed by atoms with Crippen LogP contribution >= 0.6 is 31.9 Å². The molecule has 3 rings (SSSR count). The quantitative estimate of drug-likeness (QED) is 0.703. The Morgan fingerprint density at radius 2 is 2.10 bits per heavy atom. The van der Waals surface area contributed by atoms with Crippen molar-refractivity contribution >= 4 is 48.8 Å². The SMILES string of the molecule is CNc1nc(Oc2ccc(Br)cc2Br)c2cn[nH]c2n1. The lowest BCUT2D eigenvalue weighted by molar-refractivity contribution is 0.466. The predicted molar refractivity (Wildman–Crippen MR) is 83.1 cm³/mol. The van der Waals surface area contributed by atoms with Crippen LogP contribution in [0.15, 0.2) is 33.3 Å². The first-order chi connectivity index (χ1) is 9.67. The minimum absolute atomic E-state index is 0.441. The van der Waals surface area contributed by atoms with E-state index in [0.717, 1.165) is 14.3 Å². The molecule has 0 atom stereocenters. The molecule has 0 spiro atoms. The summed E-state index contributed by atoms with van der Waals surface area (Å²) < 4.78 is 7.65. The fourth-order valence-electron chi connectivity index (χ4n) is 1.66. The number of nitrogens with one attached hydrogen (secondary N) is 2. The lowest BCUT2D eigenvalue weighted by Crippen LogP contribution is -1.99. The number of aromatic nitrogens is 4. The molecule has 6 nitrogen and oxygen atoms in total. The highest BCUT2D eigenvalue weighted by atomic mass is 79.9. The normalized spacial score (nSPS) is 10.8. The average molecular weight is 399 g/mol. The van der Waals surface area contributed by atoms with Gasteiger partial charge in [-0.2, -0.15) is 15.1 Å². The van der Waals surface area contributed by atoms with E-state index in [1.165, 1.54) is 0 Å². The van der Waals surface area contributed by atoms with E-state index in [1.54, 1.807) is 13.2 Å². The smallest absolute Gasteiger partial charge is 0.235 e. The average Bonchev–Trinajstić information content (AvgIpc) is 2.90. The standard InChI is InChI=1S/C12H9Br2N5O/c1-15-12-17-10-7(5-16-19-10)11(18-12)20-9-3-2-6(13)4-8(9)14/h2-5H,1H3,(H2,15,16,17,18,19). The van der Waals surface area contributed by atoms with E-state index in [4.69, 9.17) is 4.74 Å². The summed E-state index contributed by atoms with van der Waals surface area (Å²) in [7, 11) is 1.75. The molecule has 2 N–H and O–H groups in total. The van der Waals surface area contributed by atoms with Crippen LogP contribution in [-0.2, 0) is 0 Å². The summed E-state index contributed by atoms with van der Waals surface area (Å²) in [6, 6.07) is 5.65. The molecule has 2 aromatic heterocycles. The van der Waals surface area contributed by atoms with Gasteiger partial charge in [0.05, 0.1) is 10.7 Å². The van der Waals surface area contributed by atoms with Gasteiger partial charge in [-0.3, -0.25) is 5.10 Å². The topological polar surface area (TPSA) is 75.7 Å². The number of benzene rings is 1. The van der Waals surface area contributed by atoms with Crippen LogP contribution in [0.2, 0.25) is 0 Å². The Balaban J connectivity index is 2.07. The molecule has 0 saturated heterocycles. The van der Waals surface area contributed by atoms with Gasteiger partial charge in [0.2, 0.25) is 11.8 Å². The van der Waals surface area contributed by atoms with Crippen LogP contribution in [0.1, 0.15) is 0 Å². The number of nitrogens with zero attached hydrogens (tertiary/aromatic N) is 3. The predicted octanol–water partition coefficient (Wildman–Crippen LogP) is 3.71. The Kier molecular flexibility index (Phi) is 3.58. The molecule has 2 heterocycles. The molecule has 0 radical (unpaired) electrons. The van der Waals surface area contributed by atoms with Gasteiger partial charge in [-0.15, -0.1) is 0 Å². The van der Waals surface area contributed by atoms with Gasteiger partial charge in [0.1, 0.15) is 11.1 Å². The summed E-state index contributed by atoms with van der Waals surface area (Å²) in [4.78, 5) is 8.57. The van der Waals surface area contributed by atoms with Crippen molar-refractivity contribution in [1.82, 2.24) is 20.2 Å². The third-order valence-corrected chi connectivity index (χ3v) is 3.71. The van der Waals surface area contributed by atoms with Crippen molar-refractivity contribution < 1.29 is 4.74 Å². The van der Waals surface area contributed by atoms with Gasteiger partial charge in [0, 0.05) is 11.5 Å². The molecule has 0 bridgehead atoms. The van der Waals surface area contributed by atoms with Crippen LogP contribution in [0.3, 0.4) is 0 Å². The minimum Gasteiger partial charge on any atom is -0.437 e. The summed E-state index contributed by atoms with van der Waals surface area (Å²) in [5, 5.41) is 10.4. The molecule has 8 heteroatoms. The van der Waals surface area contributed by atoms with E-state index >= 15 is 0 Å². The number of ether oxygens (including phenoxy) is 1. The summed E-state index contributed by atoms with van der Waals surface area (Å²) >= 11 is 6.86. The third kappa shape index (κ3) is 2.48. The summed E-state index contributed by atoms with van der Waals surface area (Å²) in [6.07, 6.45) is 1.64. The van der Waals surface area contributed by atoms with Crippen molar-refractivity contribution in [2.75, 3.05) is 12.4 Å². The number of fused-ring (bicyclic) bond motifs is 1. The van der Waals surface area contributed by atoms with Gasteiger partial charge >= 0.3 is 0 Å². The second kappa shape index (κ2) is 5.37. The van der Waals surface area contributed by atoms with Crippen LogP contribution in [0.4, 0.5) is 5.95 Å². The molecular formula is C12H9Br2N5O. The number of aromatic amines is 1.